The topological polar surface area (TPSA) is 54.0 Å². The Morgan fingerprint density at radius 3 is 3.04 bits per heavy atom. The van der Waals surface area contributed by atoms with E-state index in [2.05, 4.69) is 15.1 Å². The molecule has 25 heavy (non-hydrogen) atoms. The van der Waals surface area contributed by atoms with E-state index in [1.54, 1.807) is 0 Å². The Kier molecular flexibility index (Phi) is 5.08. The van der Waals surface area contributed by atoms with E-state index >= 15 is 0 Å². The number of rotatable bonds is 5. The van der Waals surface area contributed by atoms with Crippen molar-refractivity contribution in [1.29, 1.82) is 0 Å². The van der Waals surface area contributed by atoms with Crippen LogP contribution in [0.4, 0.5) is 5.69 Å². The third-order valence-corrected chi connectivity index (χ3v) is 5.46. The number of ether oxygens (including phenoxy) is 2. The van der Waals surface area contributed by atoms with E-state index in [0.29, 0.717) is 12.2 Å². The minimum absolute atomic E-state index is 0.0650. The average molecular weight is 345 g/mol. The molecule has 1 aromatic carbocycles. The molecule has 1 aromatic rings. The smallest absolute Gasteiger partial charge is 0.231 e. The van der Waals surface area contributed by atoms with E-state index in [-0.39, 0.29) is 12.7 Å². The maximum absolute atomic E-state index is 12.2. The summed E-state index contributed by atoms with van der Waals surface area (Å²) in [6.07, 6.45) is 5.52. The van der Waals surface area contributed by atoms with Crippen LogP contribution >= 0.6 is 0 Å². The molecular weight excluding hydrogens is 318 g/mol. The first-order valence-electron chi connectivity index (χ1n) is 9.44. The Hall–Kier alpha value is -1.79. The van der Waals surface area contributed by atoms with Gasteiger partial charge in [-0.15, -0.1) is 0 Å². The third-order valence-electron chi connectivity index (χ3n) is 5.46. The molecule has 3 aliphatic heterocycles. The summed E-state index contributed by atoms with van der Waals surface area (Å²) in [5.41, 5.74) is 0.769. The molecule has 2 saturated heterocycles. The van der Waals surface area contributed by atoms with Gasteiger partial charge >= 0.3 is 0 Å². The Balaban J connectivity index is 1.19. The van der Waals surface area contributed by atoms with Gasteiger partial charge in [-0.3, -0.25) is 9.69 Å². The van der Waals surface area contributed by atoms with Crippen molar-refractivity contribution >= 4 is 11.6 Å². The van der Waals surface area contributed by atoms with Crippen molar-refractivity contribution in [3.8, 4) is 11.5 Å². The summed E-state index contributed by atoms with van der Waals surface area (Å²) < 4.78 is 10.6. The SMILES string of the molecule is O=C(CCCN1CCN2CCCCC2C1)Nc1ccc2c(c1)OCO2. The van der Waals surface area contributed by atoms with E-state index in [0.717, 1.165) is 37.0 Å². The van der Waals surface area contributed by atoms with Crippen LogP contribution in [0.25, 0.3) is 0 Å². The van der Waals surface area contributed by atoms with Crippen LogP contribution in [0.15, 0.2) is 18.2 Å². The maximum atomic E-state index is 12.2. The van der Waals surface area contributed by atoms with Crippen LogP contribution in [0, 0.1) is 0 Å². The lowest BCUT2D eigenvalue weighted by Gasteiger charge is -2.44. The minimum Gasteiger partial charge on any atom is -0.454 e. The van der Waals surface area contributed by atoms with E-state index in [1.807, 2.05) is 18.2 Å². The summed E-state index contributed by atoms with van der Waals surface area (Å²) >= 11 is 0. The highest BCUT2D eigenvalue weighted by atomic mass is 16.7. The molecule has 1 atom stereocenters. The first kappa shape index (κ1) is 16.7. The molecule has 136 valence electrons. The molecular formula is C19H27N3O3. The normalized spacial score (nSPS) is 23.3. The molecule has 0 bridgehead atoms. The van der Waals surface area contributed by atoms with Crippen molar-refractivity contribution in [2.24, 2.45) is 0 Å². The monoisotopic (exact) mass is 345 g/mol. The average Bonchev–Trinajstić information content (AvgIpc) is 3.09. The zero-order chi connectivity index (χ0) is 17.1. The number of benzene rings is 1. The number of amides is 1. The highest BCUT2D eigenvalue weighted by Gasteiger charge is 2.28. The number of anilines is 1. The number of fused-ring (bicyclic) bond motifs is 2. The predicted molar refractivity (Wildman–Crippen MR) is 96.1 cm³/mol. The van der Waals surface area contributed by atoms with Gasteiger partial charge in [-0.25, -0.2) is 0 Å². The van der Waals surface area contributed by atoms with Gasteiger partial charge in [-0.1, -0.05) is 6.42 Å². The van der Waals surface area contributed by atoms with Gasteiger partial charge in [0.2, 0.25) is 12.7 Å². The van der Waals surface area contributed by atoms with Crippen molar-refractivity contribution in [1.82, 2.24) is 9.80 Å². The van der Waals surface area contributed by atoms with E-state index in [9.17, 15) is 4.79 Å². The Labute approximate surface area is 149 Å². The molecule has 1 N–H and O–H groups in total. The van der Waals surface area contributed by atoms with Crippen molar-refractivity contribution in [2.75, 3.05) is 44.8 Å². The summed E-state index contributed by atoms with van der Waals surface area (Å²) in [6, 6.07) is 6.25. The number of piperidine rings is 1. The maximum Gasteiger partial charge on any atom is 0.231 e. The zero-order valence-corrected chi connectivity index (χ0v) is 14.7. The van der Waals surface area contributed by atoms with Gasteiger partial charge in [0.15, 0.2) is 11.5 Å². The van der Waals surface area contributed by atoms with Crippen molar-refractivity contribution in [3.05, 3.63) is 18.2 Å². The minimum atomic E-state index is 0.0650. The largest absolute Gasteiger partial charge is 0.454 e. The number of nitrogens with zero attached hydrogens (tertiary/aromatic N) is 2. The number of hydrogen-bond acceptors (Lipinski definition) is 5. The van der Waals surface area contributed by atoms with Crippen molar-refractivity contribution in [3.63, 3.8) is 0 Å². The summed E-state index contributed by atoms with van der Waals surface area (Å²) in [6.45, 7) is 6.04. The third kappa shape index (κ3) is 4.07. The van der Waals surface area contributed by atoms with E-state index in [4.69, 9.17) is 9.47 Å². The second kappa shape index (κ2) is 7.62. The highest BCUT2D eigenvalue weighted by molar-refractivity contribution is 5.91. The Morgan fingerprint density at radius 1 is 1.16 bits per heavy atom. The van der Waals surface area contributed by atoms with E-state index < -0.39 is 0 Å². The van der Waals surface area contributed by atoms with Crippen LogP contribution < -0.4 is 14.8 Å². The molecule has 0 radical (unpaired) electrons. The molecule has 3 aliphatic rings. The summed E-state index contributed by atoms with van der Waals surface area (Å²) in [7, 11) is 0. The summed E-state index contributed by atoms with van der Waals surface area (Å²) in [5, 5.41) is 2.95. The first-order valence-corrected chi connectivity index (χ1v) is 9.44. The zero-order valence-electron chi connectivity index (χ0n) is 14.7. The van der Waals surface area contributed by atoms with Crippen LogP contribution in [-0.4, -0.2) is 61.3 Å². The highest BCUT2D eigenvalue weighted by Crippen LogP contribution is 2.34. The van der Waals surface area contributed by atoms with Gasteiger partial charge in [-0.2, -0.15) is 0 Å². The second-order valence-electron chi connectivity index (χ2n) is 7.21. The molecule has 0 aliphatic carbocycles. The number of piperazine rings is 1. The van der Waals surface area contributed by atoms with Crippen LogP contribution in [0.2, 0.25) is 0 Å². The number of carbonyl (C=O) groups excluding carboxylic acids is 1. The van der Waals surface area contributed by atoms with Crippen LogP contribution in [0.5, 0.6) is 11.5 Å². The van der Waals surface area contributed by atoms with Gasteiger partial charge in [0.1, 0.15) is 0 Å². The fourth-order valence-electron chi connectivity index (χ4n) is 4.08. The van der Waals surface area contributed by atoms with Gasteiger partial charge in [0, 0.05) is 43.9 Å². The summed E-state index contributed by atoms with van der Waals surface area (Å²) in [4.78, 5) is 17.3. The number of hydrogen-bond donors (Lipinski definition) is 1. The van der Waals surface area contributed by atoms with E-state index in [1.165, 1.54) is 38.9 Å². The molecule has 3 heterocycles. The lowest BCUT2D eigenvalue weighted by molar-refractivity contribution is -0.116. The van der Waals surface area contributed by atoms with Gasteiger partial charge in [0.05, 0.1) is 0 Å². The van der Waals surface area contributed by atoms with Crippen molar-refractivity contribution < 1.29 is 14.3 Å². The summed E-state index contributed by atoms with van der Waals surface area (Å²) in [5.74, 6) is 1.50. The van der Waals surface area contributed by atoms with Gasteiger partial charge in [-0.05, 0) is 44.5 Å². The fourth-order valence-corrected chi connectivity index (χ4v) is 4.08. The number of nitrogens with one attached hydrogen (secondary N) is 1. The van der Waals surface area contributed by atoms with Crippen molar-refractivity contribution in [2.45, 2.75) is 38.1 Å². The Morgan fingerprint density at radius 2 is 2.08 bits per heavy atom. The molecule has 1 amide bonds. The fraction of sp³-hybridized carbons (Fsp3) is 0.632. The van der Waals surface area contributed by atoms with Crippen LogP contribution in [0.1, 0.15) is 32.1 Å². The lowest BCUT2D eigenvalue weighted by Crippen LogP contribution is -2.54. The Bertz CT molecular complexity index is 622. The quantitative estimate of drug-likeness (QED) is 0.887. The predicted octanol–water partition coefficient (Wildman–Crippen LogP) is 2.30. The molecule has 1 unspecified atom stereocenters. The standard InChI is InChI=1S/C19H27N3O3/c23-19(20-15-6-7-17-18(12-15)25-14-24-17)5-3-8-21-10-11-22-9-2-1-4-16(22)13-21/h6-7,12,16H,1-5,8-11,13-14H2,(H,20,23). The van der Waals surface area contributed by atoms with Crippen LogP contribution in [-0.2, 0) is 4.79 Å². The molecule has 6 heteroatoms. The van der Waals surface area contributed by atoms with Gasteiger partial charge in [0.25, 0.3) is 0 Å². The number of carbonyl (C=O) groups is 1. The molecule has 6 nitrogen and oxygen atoms in total. The molecule has 0 aromatic heterocycles. The molecule has 0 spiro atoms. The second-order valence-corrected chi connectivity index (χ2v) is 7.21. The first-order chi connectivity index (χ1) is 12.3. The molecule has 4 rings (SSSR count). The molecule has 2 fully saturated rings. The lowest BCUT2D eigenvalue weighted by atomic mass is 9.99. The van der Waals surface area contributed by atoms with Gasteiger partial charge < -0.3 is 19.7 Å². The molecule has 0 saturated carbocycles. The van der Waals surface area contributed by atoms with Crippen LogP contribution in [0.3, 0.4) is 0 Å².